The van der Waals surface area contributed by atoms with Gasteiger partial charge in [0.25, 0.3) is 0 Å². The van der Waals surface area contributed by atoms with Crippen molar-refractivity contribution in [2.45, 2.75) is 32.6 Å². The van der Waals surface area contributed by atoms with Gasteiger partial charge in [-0.25, -0.2) is 0 Å². The fourth-order valence-electron chi connectivity index (χ4n) is 8.16. The molecule has 7 rings (SSSR count). The first-order chi connectivity index (χ1) is 23.1. The van der Waals surface area contributed by atoms with Crippen LogP contribution in [0.4, 0.5) is 11.4 Å². The first-order valence-electron chi connectivity index (χ1n) is 16.1. The van der Waals surface area contributed by atoms with E-state index in [1.165, 1.54) is 23.6 Å². The molecule has 3 aromatic carbocycles. The highest BCUT2D eigenvalue weighted by molar-refractivity contribution is 6.24. The van der Waals surface area contributed by atoms with Gasteiger partial charge in [-0.2, -0.15) is 0 Å². The number of hydrogen-bond acceptors (Lipinski definition) is 8. The molecule has 2 aliphatic carbocycles. The van der Waals surface area contributed by atoms with Gasteiger partial charge in [0.1, 0.15) is 12.4 Å². The molecule has 0 radical (unpaired) electrons. The summed E-state index contributed by atoms with van der Waals surface area (Å²) in [6.07, 6.45) is 2.46. The fourth-order valence-corrected chi connectivity index (χ4v) is 8.16. The second-order valence-electron chi connectivity index (χ2n) is 12.9. The predicted octanol–water partition coefficient (Wildman–Crippen LogP) is 4.51. The van der Waals surface area contributed by atoms with Crippen molar-refractivity contribution in [1.29, 1.82) is 0 Å². The zero-order valence-corrected chi connectivity index (χ0v) is 26.5. The summed E-state index contributed by atoms with van der Waals surface area (Å²) in [5, 5.41) is 9.52. The lowest BCUT2D eigenvalue weighted by Gasteiger charge is -2.44. The van der Waals surface area contributed by atoms with E-state index in [-0.39, 0.29) is 55.3 Å². The van der Waals surface area contributed by atoms with Crippen molar-refractivity contribution in [3.8, 4) is 5.75 Å². The Hall–Kier alpha value is -5.22. The van der Waals surface area contributed by atoms with Gasteiger partial charge in [0, 0.05) is 22.6 Å². The average molecular weight is 647 g/mol. The van der Waals surface area contributed by atoms with Crippen molar-refractivity contribution in [2.75, 3.05) is 23.0 Å². The summed E-state index contributed by atoms with van der Waals surface area (Å²) in [5.74, 6) is -5.39. The first-order valence-corrected chi connectivity index (χ1v) is 16.1. The number of nitrogens with zero attached hydrogens (tertiary/aromatic N) is 2. The van der Waals surface area contributed by atoms with Gasteiger partial charge in [0.05, 0.1) is 41.7 Å². The lowest BCUT2D eigenvalue weighted by molar-refractivity contribution is -0.126. The summed E-state index contributed by atoms with van der Waals surface area (Å²) in [7, 11) is 0. The first kappa shape index (κ1) is 31.4. The fraction of sp³-hybridized carbons (Fsp3) is 0.316. The molecule has 0 aromatic heterocycles. The number of rotatable bonds is 8. The zero-order chi connectivity index (χ0) is 33.9. The molecule has 6 atom stereocenters. The van der Waals surface area contributed by atoms with Gasteiger partial charge >= 0.3 is 0 Å². The number of benzene rings is 3. The molecule has 10 heteroatoms. The van der Waals surface area contributed by atoms with E-state index in [9.17, 15) is 33.9 Å². The van der Waals surface area contributed by atoms with Gasteiger partial charge < -0.3 is 9.84 Å². The molecule has 10 nitrogen and oxygen atoms in total. The van der Waals surface area contributed by atoms with E-state index in [2.05, 4.69) is 0 Å². The molecule has 0 unspecified atom stereocenters. The van der Waals surface area contributed by atoms with E-state index >= 15 is 0 Å². The largest absolute Gasteiger partial charge is 0.491 e. The molecule has 4 amide bonds. The number of anilines is 2. The molecule has 48 heavy (non-hydrogen) atoms. The summed E-state index contributed by atoms with van der Waals surface area (Å²) in [6.45, 7) is 2.69. The highest BCUT2D eigenvalue weighted by Gasteiger charge is 2.62. The third-order valence-electron chi connectivity index (χ3n) is 10.3. The van der Waals surface area contributed by atoms with Crippen LogP contribution in [0, 0.1) is 29.6 Å². The number of amides is 4. The maximum atomic E-state index is 14.4. The SMILES string of the molecule is CC(=O)c1ccc(N2C(=O)[C@H]3[C@H](CC=C4[C@H]3C[C@H]3C(=O)N(c5ccc(C(C)=O)cc5)C(=O)[C@H]3[C@H]4c3ccccc3OCCO)C2=O)cc1. The van der Waals surface area contributed by atoms with Crippen molar-refractivity contribution in [1.82, 2.24) is 0 Å². The van der Waals surface area contributed by atoms with Crippen LogP contribution in [0.1, 0.15) is 58.9 Å². The average Bonchev–Trinajstić information content (AvgIpc) is 3.50. The summed E-state index contributed by atoms with van der Waals surface area (Å²) in [6, 6.07) is 19.9. The van der Waals surface area contributed by atoms with Gasteiger partial charge in [0.2, 0.25) is 23.6 Å². The zero-order valence-electron chi connectivity index (χ0n) is 26.5. The van der Waals surface area contributed by atoms with E-state index in [0.717, 1.165) is 5.57 Å². The molecule has 244 valence electrons. The van der Waals surface area contributed by atoms with Crippen molar-refractivity contribution < 1.29 is 38.6 Å². The lowest BCUT2D eigenvalue weighted by Crippen LogP contribution is -2.43. The van der Waals surface area contributed by atoms with Crippen molar-refractivity contribution in [2.24, 2.45) is 29.6 Å². The minimum Gasteiger partial charge on any atom is -0.491 e. The number of ether oxygens (including phenoxy) is 1. The van der Waals surface area contributed by atoms with Crippen LogP contribution in [0.25, 0.3) is 0 Å². The van der Waals surface area contributed by atoms with Crippen LogP contribution in [0.15, 0.2) is 84.4 Å². The number of carbonyl (C=O) groups excluding carboxylic acids is 6. The number of allylic oxidation sites excluding steroid dienone is 2. The van der Waals surface area contributed by atoms with Gasteiger partial charge in [-0.1, -0.05) is 29.8 Å². The van der Waals surface area contributed by atoms with Gasteiger partial charge in [-0.3, -0.25) is 38.6 Å². The Bertz CT molecular complexity index is 1900. The topological polar surface area (TPSA) is 138 Å². The number of fused-ring (bicyclic) bond motifs is 4. The lowest BCUT2D eigenvalue weighted by atomic mass is 9.57. The molecule has 3 fully saturated rings. The summed E-state index contributed by atoms with van der Waals surface area (Å²) in [4.78, 5) is 82.9. The van der Waals surface area contributed by atoms with E-state index in [0.29, 0.717) is 33.8 Å². The van der Waals surface area contributed by atoms with Crippen LogP contribution >= 0.6 is 0 Å². The van der Waals surface area contributed by atoms with Crippen LogP contribution in [0.2, 0.25) is 0 Å². The summed E-state index contributed by atoms with van der Waals surface area (Å²) < 4.78 is 5.93. The number of imide groups is 2. The second kappa shape index (κ2) is 12.1. The molecule has 4 aliphatic rings. The molecule has 1 N–H and O–H groups in total. The van der Waals surface area contributed by atoms with E-state index in [4.69, 9.17) is 4.74 Å². The highest BCUT2D eigenvalue weighted by Crippen LogP contribution is 2.59. The minimum absolute atomic E-state index is 0.0247. The predicted molar refractivity (Wildman–Crippen MR) is 174 cm³/mol. The highest BCUT2D eigenvalue weighted by atomic mass is 16.5. The van der Waals surface area contributed by atoms with Gasteiger partial charge in [-0.05, 0) is 87.2 Å². The quantitative estimate of drug-likeness (QED) is 0.214. The second-order valence-corrected chi connectivity index (χ2v) is 12.9. The molecule has 2 saturated heterocycles. The number of aliphatic hydroxyl groups is 1. The molecule has 0 spiro atoms. The van der Waals surface area contributed by atoms with E-state index in [1.807, 2.05) is 18.2 Å². The molecule has 2 heterocycles. The Morgan fingerprint density at radius 2 is 1.25 bits per heavy atom. The van der Waals surface area contributed by atoms with E-state index < -0.39 is 41.4 Å². The standard InChI is InChI=1S/C38H34N2O8/c1-20(42)22-7-11-24(12-8-22)39-35(44)28-16-15-26-29(33(28)37(39)46)19-30-34(32(26)27-5-3-4-6-31(27)48-18-17-41)38(47)40(36(30)45)25-13-9-23(10-14-25)21(2)43/h3-15,28-30,32-34,41H,16-19H2,1-2H3/t28-,29+,30+,32+,33-,34+/m0/s1. The Balaban J connectivity index is 1.31. The number of aliphatic hydroxyl groups excluding tert-OH is 1. The van der Waals surface area contributed by atoms with Crippen molar-refractivity contribution >= 4 is 46.6 Å². The van der Waals surface area contributed by atoms with E-state index in [1.54, 1.807) is 60.7 Å². The number of para-hydroxylation sites is 1. The number of hydrogen-bond donors (Lipinski definition) is 1. The number of carbonyl (C=O) groups is 6. The summed E-state index contributed by atoms with van der Waals surface area (Å²) in [5.41, 5.74) is 3.14. The molecular weight excluding hydrogens is 612 g/mol. The van der Waals surface area contributed by atoms with Gasteiger partial charge in [0.15, 0.2) is 11.6 Å². The third kappa shape index (κ3) is 4.90. The van der Waals surface area contributed by atoms with Crippen molar-refractivity contribution in [3.63, 3.8) is 0 Å². The summed E-state index contributed by atoms with van der Waals surface area (Å²) >= 11 is 0. The Labute approximate surface area is 277 Å². The van der Waals surface area contributed by atoms with Crippen LogP contribution < -0.4 is 14.5 Å². The van der Waals surface area contributed by atoms with Crippen LogP contribution in [-0.2, 0) is 19.2 Å². The number of Topliss-reactive ketones (excluding diaryl/α,β-unsaturated/α-hetero) is 2. The van der Waals surface area contributed by atoms with Crippen LogP contribution in [0.3, 0.4) is 0 Å². The van der Waals surface area contributed by atoms with Crippen LogP contribution in [0.5, 0.6) is 5.75 Å². The van der Waals surface area contributed by atoms with Crippen LogP contribution in [-0.4, -0.2) is 53.5 Å². The smallest absolute Gasteiger partial charge is 0.238 e. The molecule has 1 saturated carbocycles. The Morgan fingerprint density at radius 1 is 0.708 bits per heavy atom. The molecular formula is C38H34N2O8. The maximum absolute atomic E-state index is 14.4. The van der Waals surface area contributed by atoms with Crippen molar-refractivity contribution in [3.05, 3.63) is 101 Å². The number of ketones is 2. The molecule has 2 aliphatic heterocycles. The Morgan fingerprint density at radius 3 is 1.81 bits per heavy atom. The van der Waals surface area contributed by atoms with Gasteiger partial charge in [-0.15, -0.1) is 0 Å². The minimum atomic E-state index is -0.801. The Kier molecular flexibility index (Phi) is 7.91. The molecule has 3 aromatic rings. The molecule has 0 bridgehead atoms. The normalized spacial score (nSPS) is 26.2. The third-order valence-corrected chi connectivity index (χ3v) is 10.3. The monoisotopic (exact) mass is 646 g/mol. The maximum Gasteiger partial charge on any atom is 0.238 e.